The fourth-order valence-corrected chi connectivity index (χ4v) is 3.47. The summed E-state index contributed by atoms with van der Waals surface area (Å²) in [5, 5.41) is 2.43. The molecule has 0 saturated carbocycles. The molecule has 1 aromatic carbocycles. The van der Waals surface area contributed by atoms with Crippen LogP contribution in [0.25, 0.3) is 21.3 Å². The normalized spacial score (nSPS) is 10.8. The number of aromatic nitrogens is 4. The van der Waals surface area contributed by atoms with Crippen molar-refractivity contribution in [3.8, 4) is 11.1 Å². The summed E-state index contributed by atoms with van der Waals surface area (Å²) in [5.74, 6) is -0.349. The van der Waals surface area contributed by atoms with E-state index in [9.17, 15) is 9.59 Å². The van der Waals surface area contributed by atoms with Gasteiger partial charge in [-0.05, 0) is 5.56 Å². The van der Waals surface area contributed by atoms with Crippen molar-refractivity contribution in [2.45, 2.75) is 6.61 Å². The number of hydrogen-bond acceptors (Lipinski definition) is 7. The molecule has 8 heteroatoms. The van der Waals surface area contributed by atoms with Crippen LogP contribution in [0, 0.1) is 0 Å². The fraction of sp³-hybridized carbons (Fsp3) is 0.0556. The van der Waals surface area contributed by atoms with Crippen molar-refractivity contribution in [3.05, 3.63) is 76.2 Å². The van der Waals surface area contributed by atoms with E-state index in [1.54, 1.807) is 0 Å². The Morgan fingerprint density at radius 1 is 1.19 bits per heavy atom. The summed E-state index contributed by atoms with van der Waals surface area (Å²) >= 11 is 1.37. The number of H-pyrrole nitrogens is 1. The molecule has 0 aliphatic carbocycles. The van der Waals surface area contributed by atoms with Gasteiger partial charge in [-0.1, -0.05) is 30.3 Å². The van der Waals surface area contributed by atoms with E-state index in [0.29, 0.717) is 10.2 Å². The molecule has 128 valence electrons. The molecule has 0 amide bonds. The number of nitrogens with zero attached hydrogens (tertiary/aromatic N) is 3. The van der Waals surface area contributed by atoms with Crippen molar-refractivity contribution in [2.75, 3.05) is 0 Å². The minimum atomic E-state index is -0.628. The fourth-order valence-electron chi connectivity index (χ4n) is 2.50. The van der Waals surface area contributed by atoms with Crippen molar-refractivity contribution in [1.82, 2.24) is 19.9 Å². The molecule has 3 heterocycles. The summed E-state index contributed by atoms with van der Waals surface area (Å²) in [6.07, 6.45) is 4.18. The lowest BCUT2D eigenvalue weighted by Crippen LogP contribution is -2.14. The predicted molar refractivity (Wildman–Crippen MR) is 96.8 cm³/mol. The van der Waals surface area contributed by atoms with E-state index in [2.05, 4.69) is 19.9 Å². The summed E-state index contributed by atoms with van der Waals surface area (Å²) in [5.41, 5.74) is 1.62. The molecule has 4 rings (SSSR count). The van der Waals surface area contributed by atoms with Gasteiger partial charge in [0, 0.05) is 23.3 Å². The van der Waals surface area contributed by atoms with E-state index >= 15 is 0 Å². The molecule has 0 saturated heterocycles. The van der Waals surface area contributed by atoms with Crippen LogP contribution in [-0.2, 0) is 11.3 Å². The molecule has 7 nitrogen and oxygen atoms in total. The van der Waals surface area contributed by atoms with Crippen LogP contribution in [-0.4, -0.2) is 25.9 Å². The van der Waals surface area contributed by atoms with E-state index in [0.717, 1.165) is 11.1 Å². The predicted octanol–water partition coefficient (Wildman–Crippen LogP) is 2.80. The van der Waals surface area contributed by atoms with E-state index < -0.39 is 5.97 Å². The van der Waals surface area contributed by atoms with Gasteiger partial charge >= 0.3 is 5.97 Å². The molecule has 26 heavy (non-hydrogen) atoms. The van der Waals surface area contributed by atoms with Crippen LogP contribution in [0.1, 0.15) is 16.3 Å². The zero-order chi connectivity index (χ0) is 17.9. The number of thiophene rings is 1. The number of benzene rings is 1. The van der Waals surface area contributed by atoms with Gasteiger partial charge in [-0.15, -0.1) is 11.3 Å². The number of hydrogen-bond donors (Lipinski definition) is 1. The highest BCUT2D eigenvalue weighted by molar-refractivity contribution is 7.17. The van der Waals surface area contributed by atoms with Gasteiger partial charge in [-0.25, -0.2) is 14.8 Å². The van der Waals surface area contributed by atoms with Gasteiger partial charge in [0.2, 0.25) is 0 Å². The number of rotatable bonds is 4. The lowest BCUT2D eigenvalue weighted by Gasteiger charge is -2.04. The zero-order valence-electron chi connectivity index (χ0n) is 13.4. The van der Waals surface area contributed by atoms with Crippen LogP contribution < -0.4 is 5.56 Å². The third-order valence-electron chi connectivity index (χ3n) is 3.69. The maximum Gasteiger partial charge on any atom is 0.358 e. The Labute approximate surface area is 151 Å². The Hall–Kier alpha value is -3.39. The van der Waals surface area contributed by atoms with Gasteiger partial charge < -0.3 is 9.72 Å². The van der Waals surface area contributed by atoms with E-state index in [4.69, 9.17) is 4.74 Å². The van der Waals surface area contributed by atoms with E-state index in [1.165, 1.54) is 29.9 Å². The van der Waals surface area contributed by atoms with E-state index in [1.807, 2.05) is 35.7 Å². The number of carbonyl (C=O) groups excluding carboxylic acids is 1. The number of fused-ring (bicyclic) bond motifs is 1. The largest absolute Gasteiger partial charge is 0.453 e. The third-order valence-corrected chi connectivity index (χ3v) is 4.56. The minimum absolute atomic E-state index is 0.0958. The van der Waals surface area contributed by atoms with Gasteiger partial charge in [-0.2, -0.15) is 0 Å². The van der Waals surface area contributed by atoms with Gasteiger partial charge in [0.15, 0.2) is 5.69 Å². The number of ether oxygens (including phenoxy) is 1. The first-order valence-electron chi connectivity index (χ1n) is 7.71. The Bertz CT molecular complexity index is 1120. The van der Waals surface area contributed by atoms with Gasteiger partial charge in [0.25, 0.3) is 5.56 Å². The molecule has 1 N–H and O–H groups in total. The first kappa shape index (κ1) is 16.1. The monoisotopic (exact) mass is 364 g/mol. The average Bonchev–Trinajstić information content (AvgIpc) is 3.12. The lowest BCUT2D eigenvalue weighted by atomic mass is 10.1. The number of aromatic amines is 1. The number of esters is 1. The molecule has 0 fully saturated rings. The van der Waals surface area contributed by atoms with Crippen LogP contribution in [0.4, 0.5) is 0 Å². The first-order chi connectivity index (χ1) is 12.7. The van der Waals surface area contributed by atoms with Crippen LogP contribution >= 0.6 is 11.3 Å². The second-order valence-corrected chi connectivity index (χ2v) is 6.23. The van der Waals surface area contributed by atoms with Gasteiger partial charge in [-0.3, -0.25) is 9.78 Å². The average molecular weight is 364 g/mol. The van der Waals surface area contributed by atoms with Gasteiger partial charge in [0.1, 0.15) is 17.3 Å². The number of carbonyl (C=O) groups is 1. The standard InChI is InChI=1S/C18H12N4O3S/c23-16-15-12(11-4-2-1-3-5-11)10-26-17(15)22-14(21-16)9-25-18(24)13-8-19-6-7-20-13/h1-8,10H,9H2,(H,21,22,23). The number of nitrogens with one attached hydrogen (secondary N) is 1. The molecule has 0 aliphatic heterocycles. The van der Waals surface area contributed by atoms with Crippen LogP contribution in [0.3, 0.4) is 0 Å². The van der Waals surface area contributed by atoms with Crippen molar-refractivity contribution in [2.24, 2.45) is 0 Å². The molecule has 0 bridgehead atoms. The molecule has 0 atom stereocenters. The van der Waals surface area contributed by atoms with Crippen LogP contribution in [0.2, 0.25) is 0 Å². The summed E-state index contributed by atoms with van der Waals surface area (Å²) in [6, 6.07) is 9.64. The molecule has 0 aliphatic rings. The van der Waals surface area contributed by atoms with Gasteiger partial charge in [0.05, 0.1) is 11.6 Å². The first-order valence-corrected chi connectivity index (χ1v) is 8.59. The summed E-state index contributed by atoms with van der Waals surface area (Å²) in [6.45, 7) is -0.154. The Morgan fingerprint density at radius 2 is 2.04 bits per heavy atom. The highest BCUT2D eigenvalue weighted by atomic mass is 32.1. The molecule has 3 aromatic heterocycles. The molecule has 0 spiro atoms. The van der Waals surface area contributed by atoms with Crippen molar-refractivity contribution in [3.63, 3.8) is 0 Å². The molecular formula is C18H12N4O3S. The highest BCUT2D eigenvalue weighted by Gasteiger charge is 2.14. The Morgan fingerprint density at radius 3 is 2.81 bits per heavy atom. The third kappa shape index (κ3) is 3.09. The summed E-state index contributed by atoms with van der Waals surface area (Å²) < 4.78 is 5.14. The maximum atomic E-state index is 12.5. The van der Waals surface area contributed by atoms with Crippen LogP contribution in [0.5, 0.6) is 0 Å². The van der Waals surface area contributed by atoms with Crippen LogP contribution in [0.15, 0.2) is 59.1 Å². The maximum absolute atomic E-state index is 12.5. The minimum Gasteiger partial charge on any atom is -0.453 e. The zero-order valence-corrected chi connectivity index (χ0v) is 14.2. The highest BCUT2D eigenvalue weighted by Crippen LogP contribution is 2.30. The second kappa shape index (κ2) is 6.85. The molecule has 0 radical (unpaired) electrons. The summed E-state index contributed by atoms with van der Waals surface area (Å²) in [4.78, 5) is 39.8. The smallest absolute Gasteiger partial charge is 0.358 e. The Balaban J connectivity index is 1.61. The summed E-state index contributed by atoms with van der Waals surface area (Å²) in [7, 11) is 0. The van der Waals surface area contributed by atoms with Crippen molar-refractivity contribution in [1.29, 1.82) is 0 Å². The Kier molecular flexibility index (Phi) is 4.24. The second-order valence-electron chi connectivity index (χ2n) is 5.37. The van der Waals surface area contributed by atoms with E-state index in [-0.39, 0.29) is 23.7 Å². The molecule has 0 unspecified atom stereocenters. The SMILES string of the molecule is O=C(OCc1nc2scc(-c3ccccc3)c2c(=O)[nH]1)c1cnccn1. The lowest BCUT2D eigenvalue weighted by molar-refractivity contribution is 0.0455. The quantitative estimate of drug-likeness (QED) is 0.559. The molecule has 4 aromatic rings. The molecular weight excluding hydrogens is 352 g/mol. The van der Waals surface area contributed by atoms with Crippen molar-refractivity contribution >= 4 is 27.5 Å². The topological polar surface area (TPSA) is 97.8 Å². The van der Waals surface area contributed by atoms with Crippen molar-refractivity contribution < 1.29 is 9.53 Å².